The van der Waals surface area contributed by atoms with Crippen molar-refractivity contribution >= 4 is 58.5 Å². The molecule has 0 aliphatic carbocycles. The highest BCUT2D eigenvalue weighted by Crippen LogP contribution is 2.16. The van der Waals surface area contributed by atoms with Crippen LogP contribution in [0.15, 0.2) is 34.6 Å². The Hall–Kier alpha value is -1.13. The predicted molar refractivity (Wildman–Crippen MR) is 128 cm³/mol. The number of hydrogen-bond acceptors (Lipinski definition) is 4. The fraction of sp³-hybridized carbons (Fsp3) is 0.474. The van der Waals surface area contributed by atoms with Crippen LogP contribution in [-0.2, 0) is 6.42 Å². The minimum absolute atomic E-state index is 0. The molecule has 0 aromatic carbocycles. The van der Waals surface area contributed by atoms with Gasteiger partial charge in [0.2, 0.25) is 0 Å². The highest BCUT2D eigenvalue weighted by atomic mass is 127. The van der Waals surface area contributed by atoms with Crippen molar-refractivity contribution in [1.82, 2.24) is 16.0 Å². The Morgan fingerprint density at radius 3 is 2.70 bits per heavy atom. The Balaban J connectivity index is 0.00000364. The second kappa shape index (κ2) is 13.1. The van der Waals surface area contributed by atoms with Crippen LogP contribution >= 0.6 is 46.7 Å². The van der Waals surface area contributed by atoms with E-state index in [1.165, 1.54) is 21.1 Å². The molecular weight excluding hydrogens is 491 g/mol. The van der Waals surface area contributed by atoms with Gasteiger partial charge < -0.3 is 16.0 Å². The Bertz CT molecular complexity index is 700. The van der Waals surface area contributed by atoms with Crippen LogP contribution in [0, 0.1) is 6.92 Å². The molecule has 3 N–H and O–H groups in total. The Kier molecular flexibility index (Phi) is 11.6. The monoisotopic (exact) mass is 520 g/mol. The van der Waals surface area contributed by atoms with Gasteiger partial charge in [0.1, 0.15) is 0 Å². The van der Waals surface area contributed by atoms with Crippen LogP contribution in [0.2, 0.25) is 0 Å². The molecule has 1 unspecified atom stereocenters. The van der Waals surface area contributed by atoms with E-state index in [0.29, 0.717) is 19.1 Å². The number of guanidine groups is 1. The lowest BCUT2D eigenvalue weighted by atomic mass is 10.2. The zero-order valence-corrected chi connectivity index (χ0v) is 20.0. The maximum absolute atomic E-state index is 11.9. The van der Waals surface area contributed by atoms with Crippen LogP contribution in [0.1, 0.15) is 39.7 Å². The van der Waals surface area contributed by atoms with Crippen LogP contribution < -0.4 is 16.0 Å². The summed E-state index contributed by atoms with van der Waals surface area (Å²) in [6, 6.07) is 8.39. The lowest BCUT2D eigenvalue weighted by Gasteiger charge is -2.17. The molecular formula is C19H29IN4OS2. The van der Waals surface area contributed by atoms with Crippen molar-refractivity contribution in [3.05, 3.63) is 44.3 Å². The molecule has 1 atom stereocenters. The van der Waals surface area contributed by atoms with E-state index >= 15 is 0 Å². The summed E-state index contributed by atoms with van der Waals surface area (Å²) >= 11 is 3.30. The van der Waals surface area contributed by atoms with Crippen molar-refractivity contribution < 1.29 is 4.79 Å². The first-order valence-corrected chi connectivity index (χ1v) is 10.7. The normalized spacial score (nSPS) is 12.2. The second-order valence-electron chi connectivity index (χ2n) is 6.11. The number of aliphatic imine (C=N–C) groups is 1. The summed E-state index contributed by atoms with van der Waals surface area (Å²) in [6.07, 6.45) is 1.80. The molecule has 0 aliphatic rings. The lowest BCUT2D eigenvalue weighted by Crippen LogP contribution is -2.43. The molecule has 0 bridgehead atoms. The van der Waals surface area contributed by atoms with Crippen LogP contribution in [-0.4, -0.2) is 37.5 Å². The first-order valence-electron chi connectivity index (χ1n) is 9.00. The van der Waals surface area contributed by atoms with E-state index in [1.807, 2.05) is 28.8 Å². The Morgan fingerprint density at radius 1 is 1.26 bits per heavy atom. The first-order chi connectivity index (χ1) is 12.6. The minimum atomic E-state index is -0.00567. The molecule has 0 saturated heterocycles. The summed E-state index contributed by atoms with van der Waals surface area (Å²) in [5.74, 6) is 0.826. The summed E-state index contributed by atoms with van der Waals surface area (Å²) < 4.78 is 0. The van der Waals surface area contributed by atoms with Crippen molar-refractivity contribution in [2.24, 2.45) is 4.99 Å². The number of carbonyl (C=O) groups is 1. The average Bonchev–Trinajstić information content (AvgIpc) is 3.26. The fourth-order valence-electron chi connectivity index (χ4n) is 2.47. The first kappa shape index (κ1) is 23.9. The van der Waals surface area contributed by atoms with Gasteiger partial charge in [-0.05, 0) is 50.8 Å². The highest BCUT2D eigenvalue weighted by molar-refractivity contribution is 14.0. The summed E-state index contributed by atoms with van der Waals surface area (Å²) in [6.45, 7) is 8.49. The third kappa shape index (κ3) is 9.07. The number of aryl methyl sites for hydroxylation is 1. The van der Waals surface area contributed by atoms with Gasteiger partial charge >= 0.3 is 0 Å². The van der Waals surface area contributed by atoms with Crippen molar-refractivity contribution in [3.8, 4) is 0 Å². The SMILES string of the molecule is CCNC(=NCCCNC(=O)c1cccs1)NC(C)Cc1ccc(C)s1.I. The predicted octanol–water partition coefficient (Wildman–Crippen LogP) is 4.04. The van der Waals surface area contributed by atoms with E-state index in [4.69, 9.17) is 0 Å². The molecule has 0 fully saturated rings. The maximum atomic E-state index is 11.9. The molecule has 0 radical (unpaired) electrons. The van der Waals surface area contributed by atoms with Crippen molar-refractivity contribution in [2.45, 2.75) is 39.7 Å². The Labute approximate surface area is 187 Å². The number of nitrogens with one attached hydrogen (secondary N) is 3. The van der Waals surface area contributed by atoms with Gasteiger partial charge in [0, 0.05) is 41.9 Å². The van der Waals surface area contributed by atoms with Crippen LogP contribution in [0.4, 0.5) is 0 Å². The van der Waals surface area contributed by atoms with E-state index < -0.39 is 0 Å². The second-order valence-corrected chi connectivity index (χ2v) is 8.43. The number of amides is 1. The third-order valence-corrected chi connectivity index (χ3v) is 5.56. The topological polar surface area (TPSA) is 65.5 Å². The fourth-order valence-corrected chi connectivity index (χ4v) is 4.13. The van der Waals surface area contributed by atoms with E-state index in [0.717, 1.165) is 30.2 Å². The van der Waals surface area contributed by atoms with Gasteiger partial charge in [0.25, 0.3) is 5.91 Å². The van der Waals surface area contributed by atoms with Crippen molar-refractivity contribution in [2.75, 3.05) is 19.6 Å². The number of hydrogen-bond donors (Lipinski definition) is 3. The van der Waals surface area contributed by atoms with Crippen molar-refractivity contribution in [1.29, 1.82) is 0 Å². The molecule has 150 valence electrons. The van der Waals surface area contributed by atoms with Crippen molar-refractivity contribution in [3.63, 3.8) is 0 Å². The van der Waals surface area contributed by atoms with Crippen LogP contribution in [0.25, 0.3) is 0 Å². The minimum Gasteiger partial charge on any atom is -0.357 e. The standard InChI is InChI=1S/C19H28N4OS2.HI/c1-4-20-19(23-14(2)13-16-9-8-15(3)26-16)22-11-6-10-21-18(24)17-7-5-12-25-17;/h5,7-9,12,14H,4,6,10-11,13H2,1-3H3,(H,21,24)(H2,20,22,23);1H. The molecule has 0 aliphatic heterocycles. The Morgan fingerprint density at radius 2 is 2.07 bits per heavy atom. The van der Waals surface area contributed by atoms with Gasteiger partial charge in [0.15, 0.2) is 5.96 Å². The molecule has 27 heavy (non-hydrogen) atoms. The van der Waals surface area contributed by atoms with Gasteiger partial charge in [-0.3, -0.25) is 9.79 Å². The highest BCUT2D eigenvalue weighted by Gasteiger charge is 2.08. The van der Waals surface area contributed by atoms with E-state index in [2.05, 4.69) is 53.8 Å². The van der Waals surface area contributed by atoms with E-state index in [1.54, 1.807) is 0 Å². The number of rotatable bonds is 9. The summed E-state index contributed by atoms with van der Waals surface area (Å²) in [5.41, 5.74) is 0. The number of halogens is 1. The maximum Gasteiger partial charge on any atom is 0.261 e. The number of nitrogens with zero attached hydrogens (tertiary/aromatic N) is 1. The molecule has 0 saturated carbocycles. The van der Waals surface area contributed by atoms with E-state index in [-0.39, 0.29) is 29.9 Å². The quantitative estimate of drug-likeness (QED) is 0.202. The smallest absolute Gasteiger partial charge is 0.261 e. The third-order valence-electron chi connectivity index (χ3n) is 3.67. The van der Waals surface area contributed by atoms with E-state index in [9.17, 15) is 4.79 Å². The zero-order valence-electron chi connectivity index (χ0n) is 16.1. The molecule has 2 rings (SSSR count). The van der Waals surface area contributed by atoms with Gasteiger partial charge in [-0.1, -0.05) is 6.07 Å². The number of carbonyl (C=O) groups excluding carboxylic acids is 1. The average molecular weight is 521 g/mol. The number of thiophene rings is 2. The van der Waals surface area contributed by atoms with Crippen LogP contribution in [0.5, 0.6) is 0 Å². The van der Waals surface area contributed by atoms with Gasteiger partial charge in [0.05, 0.1) is 4.88 Å². The molecule has 2 heterocycles. The molecule has 8 heteroatoms. The molecule has 5 nitrogen and oxygen atoms in total. The molecule has 2 aromatic rings. The lowest BCUT2D eigenvalue weighted by molar-refractivity contribution is 0.0957. The summed E-state index contributed by atoms with van der Waals surface area (Å²) in [5, 5.41) is 11.6. The van der Waals surface area contributed by atoms with Crippen LogP contribution in [0.3, 0.4) is 0 Å². The van der Waals surface area contributed by atoms with Gasteiger partial charge in [-0.2, -0.15) is 0 Å². The zero-order chi connectivity index (χ0) is 18.8. The molecule has 1 amide bonds. The molecule has 2 aromatic heterocycles. The summed E-state index contributed by atoms with van der Waals surface area (Å²) in [4.78, 5) is 20.0. The molecule has 0 spiro atoms. The summed E-state index contributed by atoms with van der Waals surface area (Å²) in [7, 11) is 0. The van der Waals surface area contributed by atoms with Gasteiger partial charge in [-0.25, -0.2) is 0 Å². The van der Waals surface area contributed by atoms with Gasteiger partial charge in [-0.15, -0.1) is 46.7 Å². The largest absolute Gasteiger partial charge is 0.357 e.